The van der Waals surface area contributed by atoms with E-state index in [1.807, 2.05) is 0 Å². The molecule has 46 heavy (non-hydrogen) atoms. The lowest BCUT2D eigenvalue weighted by Gasteiger charge is -2.18. The third-order valence-corrected chi connectivity index (χ3v) is 9.04. The van der Waals surface area contributed by atoms with E-state index in [4.69, 9.17) is 19.3 Å². The molecule has 0 spiro atoms. The number of unbranched alkanes of at least 4 members (excludes halogenated alkanes) is 23. The van der Waals surface area contributed by atoms with E-state index in [1.165, 1.54) is 122 Å². The molecule has 0 rings (SSSR count). The first-order valence-electron chi connectivity index (χ1n) is 19.2. The minimum Gasteiger partial charge on any atom is -0.462 e. The highest BCUT2D eigenvalue weighted by Gasteiger charge is 2.22. The first-order chi connectivity index (χ1) is 22.1. The number of hydrogen-bond donors (Lipinski definition) is 2. The Morgan fingerprint density at radius 2 is 0.913 bits per heavy atom. The molecule has 0 aromatic rings. The second-order valence-electron chi connectivity index (χ2n) is 13.7. The zero-order chi connectivity index (χ0) is 34.1. The molecular formula is C37H73O8P. The van der Waals surface area contributed by atoms with Crippen LogP contribution in [0.25, 0.3) is 0 Å². The average molecular weight is 677 g/mol. The predicted molar refractivity (Wildman–Crippen MR) is 189 cm³/mol. The lowest BCUT2D eigenvalue weighted by atomic mass is 10.0. The highest BCUT2D eigenvalue weighted by atomic mass is 31.2. The second-order valence-corrected chi connectivity index (χ2v) is 15.0. The Morgan fingerprint density at radius 3 is 1.30 bits per heavy atom. The molecule has 1 atom stereocenters. The molecule has 9 heteroatoms. The minimum absolute atomic E-state index is 0.217. The number of carbonyl (C=O) groups excluding carboxylic acids is 2. The van der Waals surface area contributed by atoms with E-state index in [9.17, 15) is 14.2 Å². The van der Waals surface area contributed by atoms with Gasteiger partial charge in [-0.1, -0.05) is 175 Å². The van der Waals surface area contributed by atoms with Gasteiger partial charge in [-0.15, -0.1) is 0 Å². The van der Waals surface area contributed by atoms with Crippen LogP contribution in [0.4, 0.5) is 0 Å². The summed E-state index contributed by atoms with van der Waals surface area (Å²) in [7, 11) is -4.74. The fourth-order valence-electron chi connectivity index (χ4n) is 5.68. The summed E-state index contributed by atoms with van der Waals surface area (Å²) in [5, 5.41) is 0. The van der Waals surface area contributed by atoms with Crippen LogP contribution in [0.3, 0.4) is 0 Å². The number of ether oxygens (including phenoxy) is 2. The fourth-order valence-corrected chi connectivity index (χ4v) is 6.04. The molecule has 0 radical (unpaired) electrons. The number of phosphoric ester groups is 1. The maximum atomic E-state index is 12.3. The van der Waals surface area contributed by atoms with Gasteiger partial charge in [0.2, 0.25) is 0 Å². The minimum atomic E-state index is -4.74. The van der Waals surface area contributed by atoms with Crippen LogP contribution in [0.2, 0.25) is 0 Å². The highest BCUT2D eigenvalue weighted by molar-refractivity contribution is 7.46. The van der Waals surface area contributed by atoms with E-state index in [0.29, 0.717) is 6.42 Å². The molecule has 0 fully saturated rings. The summed E-state index contributed by atoms with van der Waals surface area (Å²) >= 11 is 0. The van der Waals surface area contributed by atoms with Crippen LogP contribution in [0, 0.1) is 5.92 Å². The normalized spacial score (nSPS) is 12.5. The van der Waals surface area contributed by atoms with Crippen LogP contribution in [-0.4, -0.2) is 41.0 Å². The highest BCUT2D eigenvalue weighted by Crippen LogP contribution is 2.36. The quantitative estimate of drug-likeness (QED) is 0.0387. The van der Waals surface area contributed by atoms with Gasteiger partial charge in [-0.2, -0.15) is 0 Å². The fraction of sp³-hybridized carbons (Fsp3) is 0.946. The molecule has 0 aliphatic carbocycles. The van der Waals surface area contributed by atoms with Gasteiger partial charge >= 0.3 is 19.8 Å². The Morgan fingerprint density at radius 1 is 0.543 bits per heavy atom. The summed E-state index contributed by atoms with van der Waals surface area (Å²) < 4.78 is 26.2. The van der Waals surface area contributed by atoms with E-state index in [2.05, 4.69) is 25.3 Å². The first-order valence-corrected chi connectivity index (χ1v) is 20.7. The Balaban J connectivity index is 3.83. The van der Waals surface area contributed by atoms with Crippen molar-refractivity contribution in [3.05, 3.63) is 0 Å². The van der Waals surface area contributed by atoms with Gasteiger partial charge in [0.25, 0.3) is 0 Å². The molecule has 0 amide bonds. The van der Waals surface area contributed by atoms with Crippen LogP contribution in [0.15, 0.2) is 0 Å². The first kappa shape index (κ1) is 45.0. The zero-order valence-corrected chi connectivity index (χ0v) is 31.1. The van der Waals surface area contributed by atoms with E-state index in [0.717, 1.165) is 44.4 Å². The smallest absolute Gasteiger partial charge is 0.462 e. The van der Waals surface area contributed by atoms with Crippen molar-refractivity contribution in [2.45, 2.75) is 207 Å². The summed E-state index contributed by atoms with van der Waals surface area (Å²) in [5.41, 5.74) is 0. The predicted octanol–water partition coefficient (Wildman–Crippen LogP) is 11.1. The molecule has 8 nitrogen and oxygen atoms in total. The topological polar surface area (TPSA) is 119 Å². The Kier molecular flexibility index (Phi) is 31.9. The van der Waals surface area contributed by atoms with Crippen molar-refractivity contribution in [2.24, 2.45) is 5.92 Å². The van der Waals surface area contributed by atoms with Crippen molar-refractivity contribution in [2.75, 3.05) is 13.2 Å². The molecule has 0 aliphatic rings. The third kappa shape index (κ3) is 35.9. The standard InChI is InChI=1S/C37H73O8P/c1-4-5-6-7-8-17-22-25-28-31-37(39)45-35(33-44-46(40,41)42)32-43-36(38)30-27-24-21-19-16-14-12-10-9-11-13-15-18-20-23-26-29-34(2)3/h34-35H,4-33H2,1-3H3,(H2,40,41,42)/t35-/m1/s1. The van der Waals surface area contributed by atoms with Crippen molar-refractivity contribution >= 4 is 19.8 Å². The summed E-state index contributed by atoms with van der Waals surface area (Å²) in [4.78, 5) is 42.6. The van der Waals surface area contributed by atoms with Crippen molar-refractivity contribution in [1.82, 2.24) is 0 Å². The van der Waals surface area contributed by atoms with Crippen molar-refractivity contribution < 1.29 is 37.9 Å². The monoisotopic (exact) mass is 677 g/mol. The van der Waals surface area contributed by atoms with Gasteiger partial charge in [0.15, 0.2) is 6.10 Å². The number of rotatable bonds is 35. The number of hydrogen-bond acceptors (Lipinski definition) is 6. The van der Waals surface area contributed by atoms with Crippen LogP contribution < -0.4 is 0 Å². The van der Waals surface area contributed by atoms with Crippen molar-refractivity contribution in [3.8, 4) is 0 Å². The molecule has 0 heterocycles. The maximum absolute atomic E-state index is 12.3. The molecule has 2 N–H and O–H groups in total. The largest absolute Gasteiger partial charge is 0.469 e. The zero-order valence-electron chi connectivity index (χ0n) is 30.2. The van der Waals surface area contributed by atoms with Crippen LogP contribution in [0.1, 0.15) is 201 Å². The molecule has 0 bridgehead atoms. The van der Waals surface area contributed by atoms with Crippen LogP contribution in [-0.2, 0) is 28.2 Å². The summed E-state index contributed by atoms with van der Waals surface area (Å²) in [6, 6.07) is 0. The van der Waals surface area contributed by atoms with Gasteiger partial charge < -0.3 is 19.3 Å². The van der Waals surface area contributed by atoms with Crippen LogP contribution in [0.5, 0.6) is 0 Å². The van der Waals surface area contributed by atoms with E-state index < -0.39 is 32.5 Å². The Bertz CT molecular complexity index is 739. The molecule has 0 saturated carbocycles. The van der Waals surface area contributed by atoms with Crippen molar-refractivity contribution in [1.29, 1.82) is 0 Å². The lowest BCUT2D eigenvalue weighted by Crippen LogP contribution is -2.29. The lowest BCUT2D eigenvalue weighted by molar-refractivity contribution is -0.161. The molecule has 0 unspecified atom stereocenters. The second kappa shape index (κ2) is 32.6. The molecule has 0 aliphatic heterocycles. The third-order valence-electron chi connectivity index (χ3n) is 8.55. The molecule has 274 valence electrons. The summed E-state index contributed by atoms with van der Waals surface area (Å²) in [6.45, 7) is 6.02. The van der Waals surface area contributed by atoms with E-state index in [-0.39, 0.29) is 19.4 Å². The van der Waals surface area contributed by atoms with Crippen molar-refractivity contribution in [3.63, 3.8) is 0 Å². The van der Waals surface area contributed by atoms with E-state index in [1.54, 1.807) is 0 Å². The van der Waals surface area contributed by atoms with Gasteiger partial charge in [-0.3, -0.25) is 14.1 Å². The molecular weight excluding hydrogens is 603 g/mol. The summed E-state index contributed by atoms with van der Waals surface area (Å²) in [5.74, 6) is -0.0325. The average Bonchev–Trinajstić information content (AvgIpc) is 3.00. The maximum Gasteiger partial charge on any atom is 0.469 e. The van der Waals surface area contributed by atoms with Gasteiger partial charge in [0, 0.05) is 12.8 Å². The van der Waals surface area contributed by atoms with Gasteiger partial charge in [0.1, 0.15) is 6.61 Å². The van der Waals surface area contributed by atoms with Gasteiger partial charge in [-0.25, -0.2) is 4.57 Å². The Hall–Kier alpha value is -0.950. The molecule has 0 aromatic carbocycles. The van der Waals surface area contributed by atoms with Crippen LogP contribution >= 0.6 is 7.82 Å². The Labute approximate surface area is 283 Å². The van der Waals surface area contributed by atoms with E-state index >= 15 is 0 Å². The SMILES string of the molecule is CCCCCCCCCCCC(=O)O[C@H](COC(=O)CCCCCCCCCCCCCCCCCCC(C)C)COP(=O)(O)O. The molecule has 0 aromatic heterocycles. The van der Waals surface area contributed by atoms with Gasteiger partial charge in [0.05, 0.1) is 6.61 Å². The molecule has 0 saturated heterocycles. The number of esters is 2. The number of carbonyl (C=O) groups is 2. The number of phosphoric acid groups is 1. The van der Waals surface area contributed by atoms with Gasteiger partial charge in [-0.05, 0) is 18.8 Å². The summed E-state index contributed by atoms with van der Waals surface area (Å²) in [6.07, 6.45) is 31.2.